The highest BCUT2D eigenvalue weighted by atomic mass is 127. The van der Waals surface area contributed by atoms with Gasteiger partial charge in [-0.15, -0.1) is 0 Å². The number of benzene rings is 1. The van der Waals surface area contributed by atoms with Crippen LogP contribution in [0.3, 0.4) is 0 Å². The van der Waals surface area contributed by atoms with Gasteiger partial charge in [0.25, 0.3) is 0 Å². The first-order valence-corrected chi connectivity index (χ1v) is 11.6. The van der Waals surface area contributed by atoms with Crippen LogP contribution < -0.4 is 4.90 Å². The van der Waals surface area contributed by atoms with Crippen molar-refractivity contribution in [3.8, 4) is 0 Å². The molecule has 2 heterocycles. The third-order valence-electron chi connectivity index (χ3n) is 3.96. The number of amidine groups is 1. The zero-order valence-corrected chi connectivity index (χ0v) is 17.3. The van der Waals surface area contributed by atoms with Crippen molar-refractivity contribution in [1.29, 1.82) is 0 Å². The second kappa shape index (κ2) is 6.95. The summed E-state index contributed by atoms with van der Waals surface area (Å²) in [6, 6.07) is 7.71. The Balaban J connectivity index is 1.97. The van der Waals surface area contributed by atoms with E-state index in [4.69, 9.17) is 0 Å². The maximum atomic E-state index is 12.2. The molecular formula is C16H19IN2O3S2. The van der Waals surface area contributed by atoms with Crippen LogP contribution in [0, 0.1) is 9.49 Å². The van der Waals surface area contributed by atoms with E-state index in [0.717, 1.165) is 9.26 Å². The molecule has 3 rings (SSSR count). The molecule has 0 saturated carbocycles. The van der Waals surface area contributed by atoms with Crippen molar-refractivity contribution in [3.05, 3.63) is 27.8 Å². The molecule has 0 bridgehead atoms. The van der Waals surface area contributed by atoms with Crippen LogP contribution in [0.15, 0.2) is 29.3 Å². The number of carbonyl (C=O) groups excluding carboxylic acids is 1. The Bertz CT molecular complexity index is 792. The van der Waals surface area contributed by atoms with Gasteiger partial charge in [-0.25, -0.2) is 8.42 Å². The van der Waals surface area contributed by atoms with E-state index in [0.29, 0.717) is 11.6 Å². The van der Waals surface area contributed by atoms with Gasteiger partial charge in [0.05, 0.1) is 17.5 Å². The van der Waals surface area contributed by atoms with Gasteiger partial charge < -0.3 is 4.90 Å². The Morgan fingerprint density at radius 1 is 1.42 bits per heavy atom. The molecule has 0 unspecified atom stereocenters. The summed E-state index contributed by atoms with van der Waals surface area (Å²) in [4.78, 5) is 18.4. The highest BCUT2D eigenvalue weighted by Crippen LogP contribution is 2.41. The van der Waals surface area contributed by atoms with Crippen LogP contribution in [-0.4, -0.2) is 42.3 Å². The molecule has 1 aromatic carbocycles. The minimum absolute atomic E-state index is 0.0570. The van der Waals surface area contributed by atoms with Crippen LogP contribution in [0.4, 0.5) is 5.69 Å². The van der Waals surface area contributed by atoms with Gasteiger partial charge in [-0.1, -0.05) is 31.7 Å². The molecule has 0 radical (unpaired) electrons. The van der Waals surface area contributed by atoms with Gasteiger partial charge in [0.1, 0.15) is 0 Å². The number of carbonyl (C=O) groups is 1. The summed E-state index contributed by atoms with van der Waals surface area (Å²) in [6.07, 6.45) is 0.401. The second-order valence-corrected chi connectivity index (χ2v) is 11.1. The summed E-state index contributed by atoms with van der Waals surface area (Å²) >= 11 is 3.65. The number of aliphatic imine (C=N–C) groups is 1. The highest BCUT2D eigenvalue weighted by molar-refractivity contribution is 14.1. The Morgan fingerprint density at radius 3 is 2.83 bits per heavy atom. The van der Waals surface area contributed by atoms with Gasteiger partial charge in [-0.3, -0.25) is 4.79 Å². The number of anilines is 1. The molecular weight excluding hydrogens is 459 g/mol. The van der Waals surface area contributed by atoms with Crippen molar-refractivity contribution < 1.29 is 13.2 Å². The standard InChI is InChI=1S/C16H19IN2O3S2/c1-10(2)6-15(20)18-16-19(12-5-3-4-11(17)7-12)13-8-24(21,22)9-14(13)23-16/h3-5,7,10,13-14H,6,8-9H2,1-2H3/t13-,14+/m1/s1. The summed E-state index contributed by atoms with van der Waals surface area (Å²) in [5.41, 5.74) is 0.898. The Kier molecular flexibility index (Phi) is 5.27. The largest absolute Gasteiger partial charge is 0.316 e. The molecule has 130 valence electrons. The lowest BCUT2D eigenvalue weighted by Crippen LogP contribution is -2.37. The first-order chi connectivity index (χ1) is 11.2. The molecule has 0 aromatic heterocycles. The summed E-state index contributed by atoms with van der Waals surface area (Å²) < 4.78 is 25.1. The van der Waals surface area contributed by atoms with Crippen molar-refractivity contribution >= 4 is 61.0 Å². The number of hydrogen-bond acceptors (Lipinski definition) is 4. The summed E-state index contributed by atoms with van der Waals surface area (Å²) in [5, 5.41) is 0.575. The van der Waals surface area contributed by atoms with E-state index in [2.05, 4.69) is 27.6 Å². The minimum Gasteiger partial charge on any atom is -0.316 e. The zero-order chi connectivity index (χ0) is 17.5. The van der Waals surface area contributed by atoms with Crippen LogP contribution in [0.2, 0.25) is 0 Å². The number of nitrogens with zero attached hydrogens (tertiary/aromatic N) is 2. The highest BCUT2D eigenvalue weighted by Gasteiger charge is 2.49. The molecule has 2 atom stereocenters. The molecule has 2 aliphatic heterocycles. The van der Waals surface area contributed by atoms with Crippen LogP contribution in [0.25, 0.3) is 0 Å². The van der Waals surface area contributed by atoms with Gasteiger partial charge in [0, 0.05) is 20.9 Å². The van der Waals surface area contributed by atoms with Crippen LogP contribution in [0.1, 0.15) is 20.3 Å². The van der Waals surface area contributed by atoms with Crippen molar-refractivity contribution in [1.82, 2.24) is 0 Å². The molecule has 2 fully saturated rings. The average Bonchev–Trinajstić information content (AvgIpc) is 2.88. The van der Waals surface area contributed by atoms with Gasteiger partial charge >= 0.3 is 0 Å². The molecule has 0 N–H and O–H groups in total. The second-order valence-electron chi connectivity index (χ2n) is 6.54. The predicted molar refractivity (Wildman–Crippen MR) is 107 cm³/mol. The smallest absolute Gasteiger partial charge is 0.248 e. The number of sulfone groups is 1. The van der Waals surface area contributed by atoms with Crippen molar-refractivity contribution in [2.75, 3.05) is 16.4 Å². The van der Waals surface area contributed by atoms with E-state index < -0.39 is 9.84 Å². The Morgan fingerprint density at radius 2 is 2.17 bits per heavy atom. The fraction of sp³-hybridized carbons (Fsp3) is 0.500. The normalized spacial score (nSPS) is 27.0. The first kappa shape index (κ1) is 18.2. The quantitative estimate of drug-likeness (QED) is 0.626. The molecule has 2 aliphatic rings. The number of halogens is 1. The zero-order valence-electron chi connectivity index (χ0n) is 13.5. The fourth-order valence-corrected chi connectivity index (χ4v) is 7.45. The average molecular weight is 478 g/mol. The summed E-state index contributed by atoms with van der Waals surface area (Å²) in [5.74, 6) is 0.374. The predicted octanol–water partition coefficient (Wildman–Crippen LogP) is 2.94. The van der Waals surface area contributed by atoms with E-state index in [1.165, 1.54) is 11.8 Å². The van der Waals surface area contributed by atoms with E-state index in [1.54, 1.807) is 0 Å². The number of hydrogen-bond donors (Lipinski definition) is 0. The van der Waals surface area contributed by atoms with Crippen molar-refractivity contribution in [2.45, 2.75) is 31.6 Å². The number of rotatable bonds is 3. The monoisotopic (exact) mass is 478 g/mol. The van der Waals surface area contributed by atoms with Crippen LogP contribution >= 0.6 is 34.4 Å². The molecule has 0 spiro atoms. The third kappa shape index (κ3) is 3.96. The Hall–Kier alpha value is -0.610. The van der Waals surface area contributed by atoms with Gasteiger partial charge in [0.2, 0.25) is 5.91 Å². The maximum Gasteiger partial charge on any atom is 0.248 e. The number of fused-ring (bicyclic) bond motifs is 1. The lowest BCUT2D eigenvalue weighted by atomic mass is 10.1. The third-order valence-corrected chi connectivity index (χ3v) is 7.84. The summed E-state index contributed by atoms with van der Waals surface area (Å²) in [7, 11) is -3.03. The van der Waals surface area contributed by atoms with Gasteiger partial charge in [-0.05, 0) is 46.7 Å². The number of thioether (sulfide) groups is 1. The van der Waals surface area contributed by atoms with E-state index in [1.807, 2.05) is 43.0 Å². The van der Waals surface area contributed by atoms with E-state index in [9.17, 15) is 13.2 Å². The first-order valence-electron chi connectivity index (χ1n) is 7.78. The molecule has 1 aromatic rings. The fourth-order valence-electron chi connectivity index (χ4n) is 2.99. The number of amides is 1. The molecule has 1 amide bonds. The van der Waals surface area contributed by atoms with Crippen LogP contribution in [-0.2, 0) is 14.6 Å². The van der Waals surface area contributed by atoms with Gasteiger partial charge in [-0.2, -0.15) is 4.99 Å². The lowest BCUT2D eigenvalue weighted by Gasteiger charge is -2.24. The minimum atomic E-state index is -3.03. The van der Waals surface area contributed by atoms with Gasteiger partial charge in [0.15, 0.2) is 15.0 Å². The maximum absolute atomic E-state index is 12.2. The topological polar surface area (TPSA) is 66.8 Å². The Labute approximate surface area is 160 Å². The molecule has 2 saturated heterocycles. The van der Waals surface area contributed by atoms with Crippen molar-refractivity contribution in [3.63, 3.8) is 0 Å². The summed E-state index contributed by atoms with van der Waals surface area (Å²) in [6.45, 7) is 3.97. The molecule has 0 aliphatic carbocycles. The van der Waals surface area contributed by atoms with E-state index in [-0.39, 0.29) is 34.6 Å². The van der Waals surface area contributed by atoms with E-state index >= 15 is 0 Å². The van der Waals surface area contributed by atoms with Crippen LogP contribution in [0.5, 0.6) is 0 Å². The molecule has 24 heavy (non-hydrogen) atoms. The SMILES string of the molecule is CC(C)CC(=O)N=C1S[C@H]2CS(=O)(=O)C[C@H]2N1c1cccc(I)c1. The lowest BCUT2D eigenvalue weighted by molar-refractivity contribution is -0.118. The van der Waals surface area contributed by atoms with Crippen molar-refractivity contribution in [2.24, 2.45) is 10.9 Å². The molecule has 8 heteroatoms. The molecule has 5 nitrogen and oxygen atoms in total.